The molecule has 2 N–H and O–H groups in total. The van der Waals surface area contributed by atoms with E-state index in [9.17, 15) is 9.18 Å². The van der Waals surface area contributed by atoms with Gasteiger partial charge in [-0.3, -0.25) is 9.69 Å². The molecule has 1 aromatic carbocycles. The molecule has 104 valence electrons. The molecule has 1 aliphatic rings. The second kappa shape index (κ2) is 5.57. The Labute approximate surface area is 113 Å². The van der Waals surface area contributed by atoms with Crippen LogP contribution in [-0.2, 0) is 0 Å². The molecule has 2 rings (SSSR count). The third-order valence-corrected chi connectivity index (χ3v) is 3.71. The molecule has 0 saturated carbocycles. The van der Waals surface area contributed by atoms with E-state index in [1.165, 1.54) is 12.1 Å². The first kappa shape index (κ1) is 13.8. The van der Waals surface area contributed by atoms with Crippen LogP contribution in [0, 0.1) is 5.82 Å². The molecule has 1 amide bonds. The zero-order valence-electron chi connectivity index (χ0n) is 11.4. The van der Waals surface area contributed by atoms with Gasteiger partial charge in [0.2, 0.25) is 0 Å². The summed E-state index contributed by atoms with van der Waals surface area (Å²) < 4.78 is 13.4. The molecular weight excluding hydrogens is 245 g/mol. The van der Waals surface area contributed by atoms with Gasteiger partial charge in [0.25, 0.3) is 5.91 Å². The molecule has 0 spiro atoms. The Kier molecular flexibility index (Phi) is 4.04. The number of carbonyl (C=O) groups excluding carboxylic acids is 1. The Bertz CT molecular complexity index is 478. The first-order valence-electron chi connectivity index (χ1n) is 6.61. The third-order valence-electron chi connectivity index (χ3n) is 3.71. The van der Waals surface area contributed by atoms with E-state index in [4.69, 9.17) is 5.73 Å². The molecule has 1 saturated heterocycles. The lowest BCUT2D eigenvalue weighted by Gasteiger charge is -2.39. The summed E-state index contributed by atoms with van der Waals surface area (Å²) in [4.78, 5) is 16.4. The fourth-order valence-corrected chi connectivity index (χ4v) is 2.49. The molecule has 0 aliphatic carbocycles. The monoisotopic (exact) mass is 265 g/mol. The maximum absolute atomic E-state index is 13.4. The van der Waals surface area contributed by atoms with Crippen LogP contribution in [0.5, 0.6) is 0 Å². The number of hydrogen-bond acceptors (Lipinski definition) is 3. The molecular formula is C14H20FN3O. The second-order valence-electron chi connectivity index (χ2n) is 4.97. The Balaban J connectivity index is 2.10. The van der Waals surface area contributed by atoms with Crippen molar-refractivity contribution < 1.29 is 9.18 Å². The van der Waals surface area contributed by atoms with Crippen molar-refractivity contribution in [1.29, 1.82) is 0 Å². The smallest absolute Gasteiger partial charge is 0.254 e. The van der Waals surface area contributed by atoms with Crippen molar-refractivity contribution in [2.24, 2.45) is 0 Å². The van der Waals surface area contributed by atoms with Gasteiger partial charge in [-0.25, -0.2) is 4.39 Å². The van der Waals surface area contributed by atoms with Crippen molar-refractivity contribution in [3.05, 3.63) is 29.6 Å². The van der Waals surface area contributed by atoms with Crippen LogP contribution < -0.4 is 5.73 Å². The Morgan fingerprint density at radius 3 is 2.79 bits per heavy atom. The van der Waals surface area contributed by atoms with Gasteiger partial charge in [0, 0.05) is 31.2 Å². The number of nitrogens with zero attached hydrogens (tertiary/aromatic N) is 2. The zero-order chi connectivity index (χ0) is 14.0. The molecule has 1 heterocycles. The van der Waals surface area contributed by atoms with Crippen LogP contribution >= 0.6 is 0 Å². The summed E-state index contributed by atoms with van der Waals surface area (Å²) in [5.41, 5.74) is 5.85. The highest BCUT2D eigenvalue weighted by Crippen LogP contribution is 2.16. The van der Waals surface area contributed by atoms with E-state index < -0.39 is 5.82 Å². The van der Waals surface area contributed by atoms with Crippen LogP contribution in [0.4, 0.5) is 10.1 Å². The number of likely N-dealkylation sites (N-methyl/N-ethyl adjacent to an activating group) is 1. The van der Waals surface area contributed by atoms with Gasteiger partial charge >= 0.3 is 0 Å². The molecule has 1 atom stereocenters. The van der Waals surface area contributed by atoms with Crippen molar-refractivity contribution in [3.63, 3.8) is 0 Å². The summed E-state index contributed by atoms with van der Waals surface area (Å²) in [5.74, 6) is -0.660. The molecule has 1 aromatic rings. The SMILES string of the molecule is CCN1CCN(C(=O)c2ccc(N)c(F)c2)CC1C. The van der Waals surface area contributed by atoms with Crippen LogP contribution in [-0.4, -0.2) is 47.9 Å². The van der Waals surface area contributed by atoms with Crippen LogP contribution in [0.25, 0.3) is 0 Å². The molecule has 19 heavy (non-hydrogen) atoms. The lowest BCUT2D eigenvalue weighted by Crippen LogP contribution is -2.53. The van der Waals surface area contributed by atoms with Crippen molar-refractivity contribution in [1.82, 2.24) is 9.80 Å². The highest BCUT2D eigenvalue weighted by molar-refractivity contribution is 5.94. The number of halogens is 1. The first-order chi connectivity index (χ1) is 9.02. The minimum absolute atomic E-state index is 0.0701. The highest BCUT2D eigenvalue weighted by atomic mass is 19.1. The van der Waals surface area contributed by atoms with E-state index in [0.717, 1.165) is 13.1 Å². The number of piperazine rings is 1. The van der Waals surface area contributed by atoms with E-state index in [-0.39, 0.29) is 11.6 Å². The van der Waals surface area contributed by atoms with Crippen LogP contribution in [0.2, 0.25) is 0 Å². The average molecular weight is 265 g/mol. The molecule has 4 nitrogen and oxygen atoms in total. The van der Waals surface area contributed by atoms with E-state index >= 15 is 0 Å². The standard InChI is InChI=1S/C14H20FN3O/c1-3-17-6-7-18(9-10(17)2)14(19)11-4-5-13(16)12(15)8-11/h4-5,8,10H,3,6-7,9,16H2,1-2H3. The molecule has 0 aromatic heterocycles. The van der Waals surface area contributed by atoms with E-state index in [1.54, 1.807) is 11.0 Å². The number of nitrogen functional groups attached to an aromatic ring is 1. The van der Waals surface area contributed by atoms with Gasteiger partial charge in [-0.05, 0) is 31.7 Å². The fraction of sp³-hybridized carbons (Fsp3) is 0.500. The number of anilines is 1. The van der Waals surface area contributed by atoms with Gasteiger partial charge in [-0.1, -0.05) is 6.92 Å². The summed E-state index contributed by atoms with van der Waals surface area (Å²) in [7, 11) is 0. The van der Waals surface area contributed by atoms with Crippen LogP contribution in [0.15, 0.2) is 18.2 Å². The number of rotatable bonds is 2. The lowest BCUT2D eigenvalue weighted by molar-refractivity contribution is 0.0528. The molecule has 0 radical (unpaired) electrons. The lowest BCUT2D eigenvalue weighted by atomic mass is 10.1. The largest absolute Gasteiger partial charge is 0.396 e. The zero-order valence-corrected chi connectivity index (χ0v) is 11.4. The van der Waals surface area contributed by atoms with Crippen molar-refractivity contribution >= 4 is 11.6 Å². The summed E-state index contributed by atoms with van der Waals surface area (Å²) in [5, 5.41) is 0. The minimum Gasteiger partial charge on any atom is -0.396 e. The summed E-state index contributed by atoms with van der Waals surface area (Å²) >= 11 is 0. The van der Waals surface area contributed by atoms with Gasteiger partial charge in [-0.15, -0.1) is 0 Å². The number of carbonyl (C=O) groups is 1. The number of amides is 1. The Morgan fingerprint density at radius 1 is 1.47 bits per heavy atom. The van der Waals surface area contributed by atoms with Gasteiger partial charge in [-0.2, -0.15) is 0 Å². The Hall–Kier alpha value is -1.62. The predicted octanol–water partition coefficient (Wildman–Crippen LogP) is 1.57. The average Bonchev–Trinajstić information content (AvgIpc) is 2.41. The molecule has 5 heteroatoms. The fourth-order valence-electron chi connectivity index (χ4n) is 2.49. The predicted molar refractivity (Wildman–Crippen MR) is 73.4 cm³/mol. The van der Waals surface area contributed by atoms with Crippen LogP contribution in [0.3, 0.4) is 0 Å². The van der Waals surface area contributed by atoms with Crippen molar-refractivity contribution in [2.45, 2.75) is 19.9 Å². The topological polar surface area (TPSA) is 49.6 Å². The summed E-state index contributed by atoms with van der Waals surface area (Å²) in [6, 6.07) is 4.57. The molecule has 1 unspecified atom stereocenters. The van der Waals surface area contributed by atoms with E-state index in [0.29, 0.717) is 24.7 Å². The number of hydrogen-bond donors (Lipinski definition) is 1. The number of nitrogens with two attached hydrogens (primary N) is 1. The van der Waals surface area contributed by atoms with Crippen molar-refractivity contribution in [3.8, 4) is 0 Å². The van der Waals surface area contributed by atoms with Gasteiger partial charge in [0.05, 0.1) is 5.69 Å². The van der Waals surface area contributed by atoms with Crippen molar-refractivity contribution in [2.75, 3.05) is 31.9 Å². The van der Waals surface area contributed by atoms with E-state index in [1.807, 2.05) is 0 Å². The summed E-state index contributed by atoms with van der Waals surface area (Å²) in [6.45, 7) is 7.43. The second-order valence-corrected chi connectivity index (χ2v) is 4.97. The summed E-state index contributed by atoms with van der Waals surface area (Å²) in [6.07, 6.45) is 0. The molecule has 1 aliphatic heterocycles. The minimum atomic E-state index is -0.536. The first-order valence-corrected chi connectivity index (χ1v) is 6.61. The number of benzene rings is 1. The van der Waals surface area contributed by atoms with Gasteiger partial charge < -0.3 is 10.6 Å². The maximum Gasteiger partial charge on any atom is 0.254 e. The molecule has 1 fully saturated rings. The van der Waals surface area contributed by atoms with E-state index in [2.05, 4.69) is 18.7 Å². The van der Waals surface area contributed by atoms with Gasteiger partial charge in [0.1, 0.15) is 5.82 Å². The quantitative estimate of drug-likeness (QED) is 0.826. The highest BCUT2D eigenvalue weighted by Gasteiger charge is 2.26. The maximum atomic E-state index is 13.4. The normalized spacial score (nSPS) is 20.6. The van der Waals surface area contributed by atoms with Crippen LogP contribution in [0.1, 0.15) is 24.2 Å². The Morgan fingerprint density at radius 2 is 2.21 bits per heavy atom. The van der Waals surface area contributed by atoms with Gasteiger partial charge in [0.15, 0.2) is 0 Å². The molecule has 0 bridgehead atoms. The third kappa shape index (κ3) is 2.87.